The van der Waals surface area contributed by atoms with Gasteiger partial charge in [-0.3, -0.25) is 4.98 Å². The van der Waals surface area contributed by atoms with Gasteiger partial charge in [-0.05, 0) is 52.7 Å². The SMILES string of the molecule is CNC(Cc1cncc(Br)c1)c1cccc(F)c1Cl. The van der Waals surface area contributed by atoms with Gasteiger partial charge in [-0.25, -0.2) is 4.39 Å². The molecule has 1 unspecified atom stereocenters. The van der Waals surface area contributed by atoms with E-state index in [9.17, 15) is 4.39 Å². The first-order chi connectivity index (χ1) is 9.11. The molecule has 0 aliphatic carbocycles. The van der Waals surface area contributed by atoms with E-state index in [0.717, 1.165) is 15.6 Å². The molecule has 0 amide bonds. The number of benzene rings is 1. The number of nitrogens with one attached hydrogen (secondary N) is 1. The molecule has 1 aromatic heterocycles. The van der Waals surface area contributed by atoms with Gasteiger partial charge in [-0.1, -0.05) is 23.7 Å². The lowest BCUT2D eigenvalue weighted by Crippen LogP contribution is -2.19. The van der Waals surface area contributed by atoms with Gasteiger partial charge >= 0.3 is 0 Å². The Morgan fingerprint density at radius 3 is 2.89 bits per heavy atom. The van der Waals surface area contributed by atoms with E-state index in [-0.39, 0.29) is 11.1 Å². The molecule has 0 saturated heterocycles. The third-order valence-electron chi connectivity index (χ3n) is 2.91. The van der Waals surface area contributed by atoms with E-state index < -0.39 is 5.82 Å². The van der Waals surface area contributed by atoms with E-state index in [1.165, 1.54) is 6.07 Å². The number of aromatic nitrogens is 1. The topological polar surface area (TPSA) is 24.9 Å². The summed E-state index contributed by atoms with van der Waals surface area (Å²) in [6.45, 7) is 0. The van der Waals surface area contributed by atoms with Gasteiger partial charge in [-0.2, -0.15) is 0 Å². The summed E-state index contributed by atoms with van der Waals surface area (Å²) < 4.78 is 14.4. The lowest BCUT2D eigenvalue weighted by molar-refractivity contribution is 0.577. The molecule has 0 aliphatic rings. The number of rotatable bonds is 4. The minimum Gasteiger partial charge on any atom is -0.313 e. The highest BCUT2D eigenvalue weighted by Gasteiger charge is 2.16. The van der Waals surface area contributed by atoms with Crippen molar-refractivity contribution in [2.75, 3.05) is 7.05 Å². The van der Waals surface area contributed by atoms with E-state index in [1.807, 2.05) is 19.2 Å². The highest BCUT2D eigenvalue weighted by atomic mass is 79.9. The van der Waals surface area contributed by atoms with Crippen molar-refractivity contribution in [2.45, 2.75) is 12.5 Å². The Morgan fingerprint density at radius 1 is 1.42 bits per heavy atom. The molecule has 0 aliphatic heterocycles. The van der Waals surface area contributed by atoms with Crippen LogP contribution in [0.1, 0.15) is 17.2 Å². The zero-order valence-electron chi connectivity index (χ0n) is 10.3. The van der Waals surface area contributed by atoms with E-state index >= 15 is 0 Å². The van der Waals surface area contributed by atoms with Crippen LogP contribution in [0.25, 0.3) is 0 Å². The molecular formula is C14H13BrClFN2. The van der Waals surface area contributed by atoms with Crippen molar-refractivity contribution < 1.29 is 4.39 Å². The van der Waals surface area contributed by atoms with Crippen molar-refractivity contribution in [1.82, 2.24) is 10.3 Å². The summed E-state index contributed by atoms with van der Waals surface area (Å²) in [6, 6.07) is 6.79. The molecule has 0 fully saturated rings. The van der Waals surface area contributed by atoms with Crippen LogP contribution in [0.2, 0.25) is 5.02 Å². The Bertz CT molecular complexity index is 577. The number of pyridine rings is 1. The van der Waals surface area contributed by atoms with Crippen LogP contribution >= 0.6 is 27.5 Å². The standard InChI is InChI=1S/C14H13BrClFN2/c1-18-13(6-9-5-10(15)8-19-7-9)11-3-2-4-12(17)14(11)16/h2-5,7-8,13,18H,6H2,1H3. The van der Waals surface area contributed by atoms with Crippen LogP contribution in [-0.2, 0) is 6.42 Å². The van der Waals surface area contributed by atoms with Crippen LogP contribution in [0.4, 0.5) is 4.39 Å². The summed E-state index contributed by atoms with van der Waals surface area (Å²) >= 11 is 9.41. The smallest absolute Gasteiger partial charge is 0.142 e. The molecule has 0 bridgehead atoms. The van der Waals surface area contributed by atoms with Crippen LogP contribution in [0, 0.1) is 5.82 Å². The average Bonchev–Trinajstić information content (AvgIpc) is 2.40. The first-order valence-corrected chi connectivity index (χ1v) is 6.99. The second kappa shape index (κ2) is 6.46. The number of hydrogen-bond donors (Lipinski definition) is 1. The highest BCUT2D eigenvalue weighted by Crippen LogP contribution is 2.28. The van der Waals surface area contributed by atoms with Crippen molar-refractivity contribution in [1.29, 1.82) is 0 Å². The van der Waals surface area contributed by atoms with Gasteiger partial charge in [0, 0.05) is 22.9 Å². The molecule has 1 N–H and O–H groups in total. The zero-order valence-corrected chi connectivity index (χ0v) is 12.7. The van der Waals surface area contributed by atoms with Gasteiger partial charge in [0.2, 0.25) is 0 Å². The molecule has 2 rings (SSSR count). The molecule has 2 aromatic rings. The van der Waals surface area contributed by atoms with E-state index in [2.05, 4.69) is 26.2 Å². The lowest BCUT2D eigenvalue weighted by atomic mass is 10.00. The minimum absolute atomic E-state index is 0.0562. The molecule has 1 atom stereocenters. The maximum Gasteiger partial charge on any atom is 0.142 e. The molecule has 2 nitrogen and oxygen atoms in total. The highest BCUT2D eigenvalue weighted by molar-refractivity contribution is 9.10. The largest absolute Gasteiger partial charge is 0.313 e. The summed E-state index contributed by atoms with van der Waals surface area (Å²) in [7, 11) is 1.83. The van der Waals surface area contributed by atoms with Crippen LogP contribution < -0.4 is 5.32 Å². The Balaban J connectivity index is 2.28. The summed E-state index contributed by atoms with van der Waals surface area (Å²) in [6.07, 6.45) is 4.21. The Labute approximate surface area is 125 Å². The third kappa shape index (κ3) is 3.53. The molecule has 1 heterocycles. The number of nitrogens with zero attached hydrogens (tertiary/aromatic N) is 1. The first-order valence-electron chi connectivity index (χ1n) is 5.82. The van der Waals surface area contributed by atoms with Gasteiger partial charge in [0.1, 0.15) is 5.82 Å². The number of hydrogen-bond acceptors (Lipinski definition) is 2. The maximum absolute atomic E-state index is 13.5. The van der Waals surface area contributed by atoms with Crippen LogP contribution in [0.3, 0.4) is 0 Å². The Morgan fingerprint density at radius 2 is 2.21 bits per heavy atom. The molecule has 0 radical (unpaired) electrons. The number of likely N-dealkylation sites (N-methyl/N-ethyl adjacent to an activating group) is 1. The van der Waals surface area contributed by atoms with Gasteiger partial charge in [0.15, 0.2) is 0 Å². The van der Waals surface area contributed by atoms with Gasteiger partial charge < -0.3 is 5.32 Å². The molecule has 0 saturated carbocycles. The van der Waals surface area contributed by atoms with Gasteiger partial charge in [0.05, 0.1) is 5.02 Å². The number of halogens is 3. The third-order valence-corrected chi connectivity index (χ3v) is 3.74. The lowest BCUT2D eigenvalue weighted by Gasteiger charge is -2.18. The fourth-order valence-corrected chi connectivity index (χ4v) is 2.63. The molecular weight excluding hydrogens is 331 g/mol. The van der Waals surface area contributed by atoms with Crippen LogP contribution in [0.5, 0.6) is 0 Å². The molecule has 19 heavy (non-hydrogen) atoms. The molecule has 100 valence electrons. The van der Waals surface area contributed by atoms with Crippen LogP contribution in [0.15, 0.2) is 41.1 Å². The van der Waals surface area contributed by atoms with Crippen molar-refractivity contribution in [3.63, 3.8) is 0 Å². The van der Waals surface area contributed by atoms with Crippen LogP contribution in [-0.4, -0.2) is 12.0 Å². The summed E-state index contributed by atoms with van der Waals surface area (Å²) in [4.78, 5) is 4.12. The average molecular weight is 344 g/mol. The second-order valence-corrected chi connectivity index (χ2v) is 5.49. The van der Waals surface area contributed by atoms with Crippen molar-refractivity contribution >= 4 is 27.5 Å². The summed E-state index contributed by atoms with van der Waals surface area (Å²) in [5.74, 6) is -0.396. The zero-order chi connectivity index (χ0) is 13.8. The molecule has 5 heteroatoms. The molecule has 0 spiro atoms. The minimum atomic E-state index is -0.396. The van der Waals surface area contributed by atoms with Crippen molar-refractivity contribution in [3.8, 4) is 0 Å². The van der Waals surface area contributed by atoms with Gasteiger partial charge in [0.25, 0.3) is 0 Å². The monoisotopic (exact) mass is 342 g/mol. The van der Waals surface area contributed by atoms with Gasteiger partial charge in [-0.15, -0.1) is 0 Å². The van der Waals surface area contributed by atoms with Crippen molar-refractivity contribution in [3.05, 3.63) is 63.1 Å². The fraction of sp³-hybridized carbons (Fsp3) is 0.214. The first kappa shape index (κ1) is 14.4. The Kier molecular flexibility index (Phi) is 4.91. The normalized spacial score (nSPS) is 12.4. The Hall–Kier alpha value is -0.970. The quantitative estimate of drug-likeness (QED) is 0.902. The van der Waals surface area contributed by atoms with E-state index in [0.29, 0.717) is 6.42 Å². The second-order valence-electron chi connectivity index (χ2n) is 4.20. The molecule has 1 aromatic carbocycles. The van der Waals surface area contributed by atoms with E-state index in [1.54, 1.807) is 18.5 Å². The predicted octanol–water partition coefficient (Wildman–Crippen LogP) is 4.14. The maximum atomic E-state index is 13.5. The predicted molar refractivity (Wildman–Crippen MR) is 78.9 cm³/mol. The fourth-order valence-electron chi connectivity index (χ4n) is 1.96. The van der Waals surface area contributed by atoms with Crippen molar-refractivity contribution in [2.24, 2.45) is 0 Å². The summed E-state index contributed by atoms with van der Waals surface area (Å²) in [5.41, 5.74) is 1.80. The van der Waals surface area contributed by atoms with E-state index in [4.69, 9.17) is 11.6 Å². The summed E-state index contributed by atoms with van der Waals surface area (Å²) in [5, 5.41) is 3.33.